The average Bonchev–Trinajstić information content (AvgIpc) is 2.68. The first-order valence-electron chi connectivity index (χ1n) is 8.98. The molecule has 26 heavy (non-hydrogen) atoms. The van der Waals surface area contributed by atoms with Gasteiger partial charge in [0, 0.05) is 45.4 Å². The highest BCUT2D eigenvalue weighted by molar-refractivity contribution is 14.0. The van der Waals surface area contributed by atoms with Gasteiger partial charge in [-0.2, -0.15) is 0 Å². The van der Waals surface area contributed by atoms with E-state index in [0.29, 0.717) is 6.61 Å². The van der Waals surface area contributed by atoms with Crippen molar-refractivity contribution in [3.63, 3.8) is 0 Å². The Labute approximate surface area is 174 Å². The van der Waals surface area contributed by atoms with Gasteiger partial charge in [0.25, 0.3) is 0 Å². The van der Waals surface area contributed by atoms with Gasteiger partial charge in [-0.05, 0) is 37.5 Å². The van der Waals surface area contributed by atoms with E-state index in [2.05, 4.69) is 27.8 Å². The normalized spacial score (nSPS) is 16.5. The Hall–Kier alpha value is -1.06. The van der Waals surface area contributed by atoms with Crippen LogP contribution in [0.25, 0.3) is 0 Å². The average molecular weight is 477 g/mol. The van der Waals surface area contributed by atoms with Crippen LogP contribution in [0, 0.1) is 0 Å². The van der Waals surface area contributed by atoms with Crippen LogP contribution >= 0.6 is 24.0 Å². The van der Waals surface area contributed by atoms with Gasteiger partial charge in [0.2, 0.25) is 0 Å². The zero-order valence-corrected chi connectivity index (χ0v) is 18.4. The van der Waals surface area contributed by atoms with Crippen molar-refractivity contribution in [1.82, 2.24) is 10.6 Å². The van der Waals surface area contributed by atoms with Crippen LogP contribution in [0.3, 0.4) is 0 Å². The molecule has 2 N–H and O–H groups in total. The quantitative estimate of drug-likeness (QED) is 0.261. The molecule has 0 aliphatic carbocycles. The standard InChI is InChI=1S/C19H31N3O3.HI/c1-4-24-14-11-21-18(20-2)22-15-19(9-12-25-13-10-19)16-5-7-17(23-3)8-6-16;/h5-8H,4,9-15H2,1-3H3,(H2,20,21,22);1H. The van der Waals surface area contributed by atoms with E-state index in [-0.39, 0.29) is 29.4 Å². The van der Waals surface area contributed by atoms with Crippen molar-refractivity contribution in [2.45, 2.75) is 25.2 Å². The van der Waals surface area contributed by atoms with Crippen LogP contribution in [0.1, 0.15) is 25.3 Å². The minimum atomic E-state index is 0. The molecule has 1 aliphatic rings. The number of aliphatic imine (C=N–C) groups is 1. The van der Waals surface area contributed by atoms with Crippen LogP contribution in [0.15, 0.2) is 29.3 Å². The maximum absolute atomic E-state index is 5.60. The molecule has 6 nitrogen and oxygen atoms in total. The molecule has 2 rings (SSSR count). The number of hydrogen-bond donors (Lipinski definition) is 2. The summed E-state index contributed by atoms with van der Waals surface area (Å²) < 4.78 is 16.2. The number of nitrogens with one attached hydrogen (secondary N) is 2. The molecule has 0 unspecified atom stereocenters. The second-order valence-corrected chi connectivity index (χ2v) is 6.17. The largest absolute Gasteiger partial charge is 0.497 e. The first-order chi connectivity index (χ1) is 12.2. The number of benzene rings is 1. The molecule has 0 radical (unpaired) electrons. The molecule has 148 valence electrons. The molecular formula is C19H32IN3O3. The summed E-state index contributed by atoms with van der Waals surface area (Å²) in [6.45, 7) is 6.52. The van der Waals surface area contributed by atoms with Gasteiger partial charge >= 0.3 is 0 Å². The minimum absolute atomic E-state index is 0. The van der Waals surface area contributed by atoms with Crippen molar-refractivity contribution in [3.8, 4) is 5.75 Å². The minimum Gasteiger partial charge on any atom is -0.497 e. The van der Waals surface area contributed by atoms with Crippen LogP contribution < -0.4 is 15.4 Å². The van der Waals surface area contributed by atoms with Gasteiger partial charge in [-0.3, -0.25) is 4.99 Å². The SMILES string of the molecule is CCOCCNC(=NC)NCC1(c2ccc(OC)cc2)CCOCC1.I. The lowest BCUT2D eigenvalue weighted by atomic mass is 9.74. The first-order valence-corrected chi connectivity index (χ1v) is 8.98. The molecular weight excluding hydrogens is 445 g/mol. The molecule has 0 bridgehead atoms. The van der Waals surface area contributed by atoms with Crippen molar-refractivity contribution < 1.29 is 14.2 Å². The lowest BCUT2D eigenvalue weighted by Crippen LogP contribution is -2.48. The van der Waals surface area contributed by atoms with Crippen molar-refractivity contribution >= 4 is 29.9 Å². The predicted molar refractivity (Wildman–Crippen MR) is 116 cm³/mol. The molecule has 1 heterocycles. The van der Waals surface area contributed by atoms with Gasteiger partial charge in [-0.25, -0.2) is 0 Å². The fraction of sp³-hybridized carbons (Fsp3) is 0.632. The third-order valence-corrected chi connectivity index (χ3v) is 4.71. The lowest BCUT2D eigenvalue weighted by molar-refractivity contribution is 0.0513. The summed E-state index contributed by atoms with van der Waals surface area (Å²) in [4.78, 5) is 4.31. The van der Waals surface area contributed by atoms with Crippen LogP contribution in [0.5, 0.6) is 5.75 Å². The van der Waals surface area contributed by atoms with E-state index in [4.69, 9.17) is 14.2 Å². The van der Waals surface area contributed by atoms with Gasteiger partial charge in [0.15, 0.2) is 5.96 Å². The Balaban J connectivity index is 0.00000338. The fourth-order valence-corrected chi connectivity index (χ4v) is 3.13. The molecule has 0 spiro atoms. The van der Waals surface area contributed by atoms with E-state index in [9.17, 15) is 0 Å². The molecule has 1 aromatic carbocycles. The Morgan fingerprint density at radius 3 is 2.46 bits per heavy atom. The maximum atomic E-state index is 5.60. The van der Waals surface area contributed by atoms with Gasteiger partial charge in [-0.15, -0.1) is 24.0 Å². The lowest BCUT2D eigenvalue weighted by Gasteiger charge is -2.38. The Kier molecular flexibility index (Phi) is 10.9. The monoisotopic (exact) mass is 477 g/mol. The highest BCUT2D eigenvalue weighted by Gasteiger charge is 2.34. The van der Waals surface area contributed by atoms with E-state index >= 15 is 0 Å². The molecule has 0 aromatic heterocycles. The highest BCUT2D eigenvalue weighted by Crippen LogP contribution is 2.35. The van der Waals surface area contributed by atoms with Gasteiger partial charge < -0.3 is 24.8 Å². The summed E-state index contributed by atoms with van der Waals surface area (Å²) in [6.07, 6.45) is 1.98. The number of rotatable bonds is 8. The summed E-state index contributed by atoms with van der Waals surface area (Å²) in [5.41, 5.74) is 1.36. The number of methoxy groups -OCH3 is 1. The zero-order valence-electron chi connectivity index (χ0n) is 16.0. The number of nitrogens with zero attached hydrogens (tertiary/aromatic N) is 1. The second kappa shape index (κ2) is 12.3. The molecule has 0 saturated carbocycles. The van der Waals surface area contributed by atoms with E-state index < -0.39 is 0 Å². The number of hydrogen-bond acceptors (Lipinski definition) is 4. The summed E-state index contributed by atoms with van der Waals surface area (Å²) in [6, 6.07) is 8.39. The molecule has 1 aromatic rings. The van der Waals surface area contributed by atoms with E-state index in [0.717, 1.165) is 57.5 Å². The van der Waals surface area contributed by atoms with Gasteiger partial charge in [0.1, 0.15) is 5.75 Å². The number of halogens is 1. The van der Waals surface area contributed by atoms with Crippen LogP contribution in [-0.2, 0) is 14.9 Å². The summed E-state index contributed by atoms with van der Waals surface area (Å²) in [7, 11) is 3.48. The van der Waals surface area contributed by atoms with Crippen LogP contribution in [0.2, 0.25) is 0 Å². The zero-order chi connectivity index (χ0) is 18.0. The summed E-state index contributed by atoms with van der Waals surface area (Å²) in [5.74, 6) is 1.69. The van der Waals surface area contributed by atoms with E-state index in [1.165, 1.54) is 5.56 Å². The van der Waals surface area contributed by atoms with Crippen LogP contribution in [0.4, 0.5) is 0 Å². The van der Waals surface area contributed by atoms with E-state index in [1.54, 1.807) is 14.2 Å². The highest BCUT2D eigenvalue weighted by atomic mass is 127. The molecule has 1 fully saturated rings. The molecule has 1 aliphatic heterocycles. The van der Waals surface area contributed by atoms with Crippen molar-refractivity contribution in [3.05, 3.63) is 29.8 Å². The molecule has 0 amide bonds. The Morgan fingerprint density at radius 1 is 1.19 bits per heavy atom. The smallest absolute Gasteiger partial charge is 0.191 e. The third-order valence-electron chi connectivity index (χ3n) is 4.71. The number of guanidine groups is 1. The summed E-state index contributed by atoms with van der Waals surface area (Å²) in [5, 5.41) is 6.77. The first kappa shape index (κ1) is 23.0. The van der Waals surface area contributed by atoms with E-state index in [1.807, 2.05) is 19.1 Å². The maximum Gasteiger partial charge on any atom is 0.191 e. The molecule has 1 saturated heterocycles. The van der Waals surface area contributed by atoms with Gasteiger partial charge in [0.05, 0.1) is 13.7 Å². The second-order valence-electron chi connectivity index (χ2n) is 6.17. The molecule has 7 heteroatoms. The predicted octanol–water partition coefficient (Wildman–Crippen LogP) is 2.56. The van der Waals surface area contributed by atoms with Gasteiger partial charge in [-0.1, -0.05) is 12.1 Å². The fourth-order valence-electron chi connectivity index (χ4n) is 3.13. The van der Waals surface area contributed by atoms with Crippen LogP contribution in [-0.4, -0.2) is 59.6 Å². The Bertz CT molecular complexity index is 531. The van der Waals surface area contributed by atoms with Crippen molar-refractivity contribution in [1.29, 1.82) is 0 Å². The summed E-state index contributed by atoms with van der Waals surface area (Å²) >= 11 is 0. The Morgan fingerprint density at radius 2 is 1.88 bits per heavy atom. The topological polar surface area (TPSA) is 64.1 Å². The molecule has 0 atom stereocenters. The van der Waals surface area contributed by atoms with Crippen molar-refractivity contribution in [2.24, 2.45) is 4.99 Å². The van der Waals surface area contributed by atoms with Crippen molar-refractivity contribution in [2.75, 3.05) is 53.7 Å². The third kappa shape index (κ3) is 6.59. The number of ether oxygens (including phenoxy) is 3.